The molecule has 2 heterocycles. The number of hydrogen-bond donors (Lipinski definition) is 1. The average Bonchev–Trinajstić information content (AvgIpc) is 3.14. The van der Waals surface area contributed by atoms with Gasteiger partial charge in [-0.15, -0.1) is 11.3 Å². The van der Waals surface area contributed by atoms with Crippen molar-refractivity contribution >= 4 is 40.4 Å². The Hall–Kier alpha value is -2.67. The Morgan fingerprint density at radius 3 is 2.34 bits per heavy atom. The number of benzene rings is 1. The predicted octanol–water partition coefficient (Wildman–Crippen LogP) is 4.27. The highest BCUT2D eigenvalue weighted by atomic mass is 32.1. The van der Waals surface area contributed by atoms with Crippen molar-refractivity contribution in [3.8, 4) is 0 Å². The Bertz CT molecular complexity index is 810. The number of nitrogens with one attached hydrogen (secondary N) is 1. The van der Waals surface area contributed by atoms with E-state index in [0.29, 0.717) is 10.6 Å². The van der Waals surface area contributed by atoms with E-state index >= 15 is 0 Å². The molecule has 3 rings (SSSR count). The van der Waals surface area contributed by atoms with Gasteiger partial charge in [-0.25, -0.2) is 0 Å². The highest BCUT2D eigenvalue weighted by molar-refractivity contribution is 7.12. The van der Waals surface area contributed by atoms with Gasteiger partial charge in [-0.3, -0.25) is 14.4 Å². The van der Waals surface area contributed by atoms with Gasteiger partial charge in [-0.05, 0) is 48.6 Å². The number of esters is 1. The lowest BCUT2D eigenvalue weighted by atomic mass is 10.2. The second-order valence-electron chi connectivity index (χ2n) is 7.06. The average molecular weight is 415 g/mol. The smallest absolute Gasteiger partial charge is 0.306 e. The highest BCUT2D eigenvalue weighted by Crippen LogP contribution is 2.21. The third-order valence-corrected chi connectivity index (χ3v) is 5.75. The van der Waals surface area contributed by atoms with Crippen LogP contribution in [0.3, 0.4) is 0 Å². The number of amides is 1. The SMILES string of the molecule is O=C(COC(=O)CCC(=O)c1cccs1)Nc1ccc(N2CCCCCC2)cc1. The highest BCUT2D eigenvalue weighted by Gasteiger charge is 2.13. The van der Waals surface area contributed by atoms with E-state index in [1.54, 1.807) is 12.1 Å². The van der Waals surface area contributed by atoms with Crippen LogP contribution in [-0.2, 0) is 14.3 Å². The summed E-state index contributed by atoms with van der Waals surface area (Å²) in [5.41, 5.74) is 1.82. The van der Waals surface area contributed by atoms with Gasteiger partial charge in [0.05, 0.1) is 11.3 Å². The Balaban J connectivity index is 1.38. The first-order chi connectivity index (χ1) is 14.1. The van der Waals surface area contributed by atoms with E-state index in [9.17, 15) is 14.4 Å². The lowest BCUT2D eigenvalue weighted by Gasteiger charge is -2.22. The first-order valence-electron chi connectivity index (χ1n) is 9.99. The Labute approximate surface area is 174 Å². The fourth-order valence-corrected chi connectivity index (χ4v) is 3.97. The number of nitrogens with zero attached hydrogens (tertiary/aromatic N) is 1. The van der Waals surface area contributed by atoms with E-state index in [1.807, 2.05) is 29.6 Å². The van der Waals surface area contributed by atoms with Gasteiger partial charge >= 0.3 is 5.97 Å². The zero-order valence-corrected chi connectivity index (χ0v) is 17.2. The molecule has 154 valence electrons. The van der Waals surface area contributed by atoms with Crippen molar-refractivity contribution in [3.63, 3.8) is 0 Å². The van der Waals surface area contributed by atoms with Gasteiger partial charge in [0.2, 0.25) is 0 Å². The minimum absolute atomic E-state index is 0.0332. The van der Waals surface area contributed by atoms with Crippen molar-refractivity contribution in [3.05, 3.63) is 46.7 Å². The van der Waals surface area contributed by atoms with Crippen LogP contribution >= 0.6 is 11.3 Å². The molecule has 1 amide bonds. The third kappa shape index (κ3) is 6.71. The molecule has 1 N–H and O–H groups in total. The molecule has 0 atom stereocenters. The van der Waals surface area contributed by atoms with Crippen LogP contribution in [-0.4, -0.2) is 37.4 Å². The number of carbonyl (C=O) groups excluding carboxylic acids is 3. The van der Waals surface area contributed by atoms with Crippen molar-refractivity contribution in [2.45, 2.75) is 38.5 Å². The molecule has 2 aromatic rings. The molecule has 6 nitrogen and oxygen atoms in total. The quantitative estimate of drug-likeness (QED) is 0.516. The van der Waals surface area contributed by atoms with E-state index in [4.69, 9.17) is 4.74 Å². The van der Waals surface area contributed by atoms with Gasteiger partial charge < -0.3 is 15.0 Å². The minimum atomic E-state index is -0.554. The molecule has 0 saturated carbocycles. The summed E-state index contributed by atoms with van der Waals surface area (Å²) in [6.45, 7) is 1.77. The number of rotatable bonds is 8. The summed E-state index contributed by atoms with van der Waals surface area (Å²) in [5.74, 6) is -1.04. The largest absolute Gasteiger partial charge is 0.456 e. The van der Waals surface area contributed by atoms with Crippen molar-refractivity contribution in [2.24, 2.45) is 0 Å². The molecule has 0 radical (unpaired) electrons. The van der Waals surface area contributed by atoms with Gasteiger partial charge in [-0.2, -0.15) is 0 Å². The summed E-state index contributed by atoms with van der Waals surface area (Å²) in [5, 5.41) is 4.54. The molecule has 7 heteroatoms. The fraction of sp³-hybridized carbons (Fsp3) is 0.409. The lowest BCUT2D eigenvalue weighted by Crippen LogP contribution is -2.24. The standard InChI is InChI=1S/C22H26N2O4S/c25-19(20-6-5-15-29-20)11-12-22(27)28-16-21(26)23-17-7-9-18(10-8-17)24-13-3-1-2-4-14-24/h5-10,15H,1-4,11-14,16H2,(H,23,26). The van der Waals surface area contributed by atoms with Crippen molar-refractivity contribution in [1.29, 1.82) is 0 Å². The summed E-state index contributed by atoms with van der Waals surface area (Å²) in [6, 6.07) is 11.2. The van der Waals surface area contributed by atoms with Crippen LogP contribution in [0.1, 0.15) is 48.2 Å². The molecular formula is C22H26N2O4S. The summed E-state index contributed by atoms with van der Waals surface area (Å²) >= 11 is 1.34. The fourth-order valence-electron chi connectivity index (χ4n) is 3.28. The van der Waals surface area contributed by atoms with Crippen LogP contribution in [0.25, 0.3) is 0 Å². The molecule has 0 aliphatic carbocycles. The van der Waals surface area contributed by atoms with Gasteiger partial charge in [0, 0.05) is 30.9 Å². The number of thiophene rings is 1. The first-order valence-corrected chi connectivity index (χ1v) is 10.9. The number of Topliss-reactive ketones (excluding diaryl/α,β-unsaturated/α-hetero) is 1. The van der Waals surface area contributed by atoms with Crippen LogP contribution in [0.15, 0.2) is 41.8 Å². The number of hydrogen-bond acceptors (Lipinski definition) is 6. The zero-order valence-electron chi connectivity index (χ0n) is 16.4. The second-order valence-corrected chi connectivity index (χ2v) is 8.01. The number of ketones is 1. The van der Waals surface area contributed by atoms with Crippen molar-refractivity contribution in [1.82, 2.24) is 0 Å². The van der Waals surface area contributed by atoms with Crippen molar-refractivity contribution in [2.75, 3.05) is 29.9 Å². The molecule has 1 saturated heterocycles. The maximum Gasteiger partial charge on any atom is 0.306 e. The van der Waals surface area contributed by atoms with Crippen LogP contribution < -0.4 is 10.2 Å². The summed E-state index contributed by atoms with van der Waals surface area (Å²) in [4.78, 5) is 38.6. The molecular weight excluding hydrogens is 388 g/mol. The maximum atomic E-state index is 12.0. The molecule has 29 heavy (non-hydrogen) atoms. The summed E-state index contributed by atoms with van der Waals surface area (Å²) < 4.78 is 4.97. The number of anilines is 2. The monoisotopic (exact) mass is 414 g/mol. The Morgan fingerprint density at radius 2 is 1.69 bits per heavy atom. The molecule has 1 aromatic carbocycles. The van der Waals surface area contributed by atoms with Crippen LogP contribution in [0.2, 0.25) is 0 Å². The van der Waals surface area contributed by atoms with E-state index in [0.717, 1.165) is 18.8 Å². The van der Waals surface area contributed by atoms with Gasteiger partial charge in [0.1, 0.15) is 0 Å². The van der Waals surface area contributed by atoms with E-state index in [2.05, 4.69) is 10.2 Å². The molecule has 1 aliphatic heterocycles. The van der Waals surface area contributed by atoms with Gasteiger partial charge in [0.15, 0.2) is 12.4 Å². The summed E-state index contributed by atoms with van der Waals surface area (Å²) in [6.07, 6.45) is 5.04. The predicted molar refractivity (Wildman–Crippen MR) is 115 cm³/mol. The first kappa shape index (κ1) is 21.0. The van der Waals surface area contributed by atoms with E-state index < -0.39 is 11.9 Å². The molecule has 0 spiro atoms. The van der Waals surface area contributed by atoms with Crippen LogP contribution in [0.5, 0.6) is 0 Å². The maximum absolute atomic E-state index is 12.0. The Morgan fingerprint density at radius 1 is 0.966 bits per heavy atom. The number of carbonyl (C=O) groups is 3. The normalized spacial score (nSPS) is 14.1. The number of ether oxygens (including phenoxy) is 1. The second kappa shape index (κ2) is 10.8. The van der Waals surface area contributed by atoms with Crippen LogP contribution in [0, 0.1) is 0 Å². The Kier molecular flexibility index (Phi) is 7.81. The summed E-state index contributed by atoms with van der Waals surface area (Å²) in [7, 11) is 0. The molecule has 1 aliphatic rings. The zero-order chi connectivity index (χ0) is 20.5. The third-order valence-electron chi connectivity index (χ3n) is 4.84. The van der Waals surface area contributed by atoms with Gasteiger partial charge in [-0.1, -0.05) is 18.9 Å². The minimum Gasteiger partial charge on any atom is -0.456 e. The van der Waals surface area contributed by atoms with Crippen molar-refractivity contribution < 1.29 is 19.1 Å². The molecule has 0 unspecified atom stereocenters. The van der Waals surface area contributed by atoms with Crippen LogP contribution in [0.4, 0.5) is 11.4 Å². The lowest BCUT2D eigenvalue weighted by molar-refractivity contribution is -0.147. The molecule has 0 bridgehead atoms. The molecule has 1 fully saturated rings. The van der Waals surface area contributed by atoms with E-state index in [-0.39, 0.29) is 25.2 Å². The topological polar surface area (TPSA) is 75.7 Å². The molecule has 1 aromatic heterocycles. The van der Waals surface area contributed by atoms with Gasteiger partial charge in [0.25, 0.3) is 5.91 Å². The van der Waals surface area contributed by atoms with E-state index in [1.165, 1.54) is 37.0 Å².